The van der Waals surface area contributed by atoms with E-state index in [1.54, 1.807) is 0 Å². The second-order valence-electron chi connectivity index (χ2n) is 4.08. The molecule has 1 N–H and O–H groups in total. The fraction of sp³-hybridized carbons (Fsp3) is 1.00. The lowest BCUT2D eigenvalue weighted by Gasteiger charge is -2.53. The zero-order valence-electron chi connectivity index (χ0n) is 8.86. The number of aliphatic hydroxyl groups is 1. The lowest BCUT2D eigenvalue weighted by atomic mass is 9.71. The Balaban J connectivity index is 3.93. The minimum Gasteiger partial charge on any atom is -0.354 e. The standard InChI is InChI=1S/C7HF13O/c8-1(7(18,19)20)2(9,10)3(11,12)4(13,14)5(15,16)6(1,17)21/h21H. The van der Waals surface area contributed by atoms with Gasteiger partial charge in [-0.2, -0.15) is 48.3 Å². The molecule has 0 radical (unpaired) electrons. The molecule has 2 unspecified atom stereocenters. The molecule has 0 aliphatic heterocycles. The summed E-state index contributed by atoms with van der Waals surface area (Å²) >= 11 is 0. The fourth-order valence-electron chi connectivity index (χ4n) is 1.61. The van der Waals surface area contributed by atoms with Gasteiger partial charge in [0.25, 0.3) is 0 Å². The zero-order chi connectivity index (χ0) is 17.5. The van der Waals surface area contributed by atoms with Crippen molar-refractivity contribution in [2.75, 3.05) is 0 Å². The van der Waals surface area contributed by atoms with E-state index in [0.29, 0.717) is 0 Å². The molecule has 0 aromatic rings. The van der Waals surface area contributed by atoms with E-state index in [-0.39, 0.29) is 0 Å². The van der Waals surface area contributed by atoms with E-state index in [0.717, 1.165) is 0 Å². The van der Waals surface area contributed by atoms with Gasteiger partial charge in [0.15, 0.2) is 0 Å². The van der Waals surface area contributed by atoms with Crippen molar-refractivity contribution in [3.63, 3.8) is 0 Å². The van der Waals surface area contributed by atoms with E-state index in [1.807, 2.05) is 0 Å². The Labute approximate surface area is 105 Å². The average molecular weight is 348 g/mol. The highest BCUT2D eigenvalue weighted by atomic mass is 19.4. The maximum Gasteiger partial charge on any atom is 0.434 e. The Morgan fingerprint density at radius 1 is 0.524 bits per heavy atom. The Hall–Kier alpha value is -0.950. The Bertz CT molecular complexity index is 416. The quantitative estimate of drug-likeness (QED) is 0.665. The molecule has 0 spiro atoms. The van der Waals surface area contributed by atoms with Gasteiger partial charge in [0, 0.05) is 0 Å². The molecule has 0 aromatic carbocycles. The Morgan fingerprint density at radius 3 is 1.10 bits per heavy atom. The van der Waals surface area contributed by atoms with Gasteiger partial charge in [-0.05, 0) is 0 Å². The molecule has 0 amide bonds. The van der Waals surface area contributed by atoms with E-state index in [2.05, 4.69) is 0 Å². The average Bonchev–Trinajstić information content (AvgIpc) is 2.23. The lowest BCUT2D eigenvalue weighted by molar-refractivity contribution is -0.527. The first-order chi connectivity index (χ1) is 8.75. The lowest BCUT2D eigenvalue weighted by Crippen LogP contribution is -2.88. The van der Waals surface area contributed by atoms with Crippen LogP contribution in [0.4, 0.5) is 57.1 Å². The number of alkyl halides is 13. The topological polar surface area (TPSA) is 20.2 Å². The first-order valence-corrected chi connectivity index (χ1v) is 4.43. The first-order valence-electron chi connectivity index (χ1n) is 4.43. The van der Waals surface area contributed by atoms with Crippen LogP contribution in [0.2, 0.25) is 0 Å². The van der Waals surface area contributed by atoms with Crippen molar-refractivity contribution in [1.82, 2.24) is 0 Å². The van der Waals surface area contributed by atoms with Crippen molar-refractivity contribution in [1.29, 1.82) is 0 Å². The van der Waals surface area contributed by atoms with Crippen LogP contribution in [0.3, 0.4) is 0 Å². The van der Waals surface area contributed by atoms with Gasteiger partial charge in [-0.25, -0.2) is 8.78 Å². The molecule has 0 saturated heterocycles. The molecule has 0 aromatic heterocycles. The molecular weight excluding hydrogens is 347 g/mol. The van der Waals surface area contributed by atoms with Gasteiger partial charge >= 0.3 is 41.4 Å². The van der Waals surface area contributed by atoms with Crippen LogP contribution in [0.1, 0.15) is 0 Å². The Kier molecular flexibility index (Phi) is 3.17. The summed E-state index contributed by atoms with van der Waals surface area (Å²) in [6.07, 6.45) is -7.58. The number of hydrogen-bond acceptors (Lipinski definition) is 1. The van der Waals surface area contributed by atoms with Crippen molar-refractivity contribution in [2.45, 2.75) is 41.4 Å². The van der Waals surface area contributed by atoms with Gasteiger partial charge in [0.1, 0.15) is 0 Å². The van der Waals surface area contributed by atoms with Gasteiger partial charge in [-0.15, -0.1) is 0 Å². The monoisotopic (exact) mass is 348 g/mol. The van der Waals surface area contributed by atoms with Gasteiger partial charge in [-0.1, -0.05) is 0 Å². The summed E-state index contributed by atoms with van der Waals surface area (Å²) in [4.78, 5) is 0. The number of rotatable bonds is 0. The minimum atomic E-state index is -7.74. The van der Waals surface area contributed by atoms with Gasteiger partial charge in [0.05, 0.1) is 0 Å². The molecule has 14 heteroatoms. The summed E-state index contributed by atoms with van der Waals surface area (Å²) < 4.78 is 164. The highest BCUT2D eigenvalue weighted by Crippen LogP contribution is 2.71. The molecular formula is C7HF13O. The van der Waals surface area contributed by atoms with Crippen LogP contribution in [0, 0.1) is 0 Å². The highest BCUT2D eigenvalue weighted by molar-refractivity contribution is 5.28. The minimum absolute atomic E-state index is 7.37. The SMILES string of the molecule is OC1(F)C(F)(F)C(F)(F)C(F)(F)C(F)(F)C1(F)C(F)(F)F. The maximum absolute atomic E-state index is 13.2. The van der Waals surface area contributed by atoms with Gasteiger partial charge in [-0.3, -0.25) is 0 Å². The van der Waals surface area contributed by atoms with Crippen molar-refractivity contribution in [3.8, 4) is 0 Å². The Morgan fingerprint density at radius 2 is 0.810 bits per heavy atom. The van der Waals surface area contributed by atoms with Crippen LogP contribution in [0.25, 0.3) is 0 Å². The molecule has 1 saturated carbocycles. The predicted molar refractivity (Wildman–Crippen MR) is 35.7 cm³/mol. The molecule has 126 valence electrons. The molecule has 1 aliphatic carbocycles. The summed E-state index contributed by atoms with van der Waals surface area (Å²) in [5.41, 5.74) is -7.69. The number of hydrogen-bond donors (Lipinski definition) is 1. The van der Waals surface area contributed by atoms with E-state index in [4.69, 9.17) is 5.11 Å². The maximum atomic E-state index is 13.2. The van der Waals surface area contributed by atoms with Crippen LogP contribution >= 0.6 is 0 Å². The van der Waals surface area contributed by atoms with Crippen LogP contribution in [-0.2, 0) is 0 Å². The normalized spacial score (nSPS) is 40.9. The highest BCUT2D eigenvalue weighted by Gasteiger charge is 3.04. The molecule has 1 fully saturated rings. The molecule has 1 nitrogen and oxygen atoms in total. The van der Waals surface area contributed by atoms with Crippen LogP contribution in [-0.4, -0.2) is 46.5 Å². The van der Waals surface area contributed by atoms with Crippen LogP contribution in [0.15, 0.2) is 0 Å². The van der Waals surface area contributed by atoms with E-state index in [1.165, 1.54) is 0 Å². The summed E-state index contributed by atoms with van der Waals surface area (Å²) in [6.45, 7) is 0. The van der Waals surface area contributed by atoms with E-state index >= 15 is 0 Å². The third kappa shape index (κ3) is 1.44. The molecule has 1 aliphatic rings. The van der Waals surface area contributed by atoms with E-state index in [9.17, 15) is 57.1 Å². The van der Waals surface area contributed by atoms with Crippen molar-refractivity contribution in [2.24, 2.45) is 0 Å². The second-order valence-corrected chi connectivity index (χ2v) is 4.08. The third-order valence-electron chi connectivity index (χ3n) is 2.88. The number of halogens is 13. The van der Waals surface area contributed by atoms with Gasteiger partial charge < -0.3 is 5.11 Å². The second kappa shape index (κ2) is 3.68. The van der Waals surface area contributed by atoms with Gasteiger partial charge in [0.2, 0.25) is 0 Å². The fourth-order valence-corrected chi connectivity index (χ4v) is 1.61. The van der Waals surface area contributed by atoms with Crippen molar-refractivity contribution < 1.29 is 62.2 Å². The molecule has 1 rings (SSSR count). The third-order valence-corrected chi connectivity index (χ3v) is 2.88. The van der Waals surface area contributed by atoms with E-state index < -0.39 is 41.4 Å². The largest absolute Gasteiger partial charge is 0.434 e. The molecule has 0 bridgehead atoms. The molecule has 0 heterocycles. The van der Waals surface area contributed by atoms with Crippen molar-refractivity contribution in [3.05, 3.63) is 0 Å². The van der Waals surface area contributed by atoms with Crippen LogP contribution < -0.4 is 0 Å². The molecule has 2 atom stereocenters. The summed E-state index contributed by atoms with van der Waals surface area (Å²) in [5.74, 6) is -37.8. The van der Waals surface area contributed by atoms with Crippen LogP contribution in [0.5, 0.6) is 0 Å². The first kappa shape index (κ1) is 18.1. The molecule has 21 heavy (non-hydrogen) atoms. The summed E-state index contributed by atoms with van der Waals surface area (Å²) in [7, 11) is 0. The summed E-state index contributed by atoms with van der Waals surface area (Å²) in [5, 5.41) is 8.06. The predicted octanol–water partition coefficient (Wildman–Crippen LogP) is 3.47. The van der Waals surface area contributed by atoms with Crippen molar-refractivity contribution >= 4 is 0 Å². The summed E-state index contributed by atoms with van der Waals surface area (Å²) in [6, 6.07) is 0. The smallest absolute Gasteiger partial charge is 0.354 e. The zero-order valence-corrected chi connectivity index (χ0v) is 8.86.